The zero-order valence-electron chi connectivity index (χ0n) is 12.3. The van der Waals surface area contributed by atoms with Crippen molar-refractivity contribution in [1.82, 2.24) is 15.1 Å². The maximum absolute atomic E-state index is 5.75. The Morgan fingerprint density at radius 1 is 1.11 bits per heavy atom. The van der Waals surface area contributed by atoms with Gasteiger partial charge in [-0.15, -0.1) is 0 Å². The van der Waals surface area contributed by atoms with Gasteiger partial charge in [0.05, 0.1) is 6.61 Å². The summed E-state index contributed by atoms with van der Waals surface area (Å²) in [4.78, 5) is 5.42. The molecule has 0 aromatic rings. The van der Waals surface area contributed by atoms with Crippen LogP contribution >= 0.6 is 0 Å². The molecule has 0 saturated carbocycles. The first-order chi connectivity index (χ1) is 9.38. The molecule has 3 heterocycles. The van der Waals surface area contributed by atoms with E-state index < -0.39 is 0 Å². The molecule has 4 heteroatoms. The summed E-state index contributed by atoms with van der Waals surface area (Å²) in [6.07, 6.45) is 5.40. The molecule has 0 bridgehead atoms. The van der Waals surface area contributed by atoms with Gasteiger partial charge in [-0.1, -0.05) is 13.3 Å². The summed E-state index contributed by atoms with van der Waals surface area (Å²) in [5.41, 5.74) is 0. The van der Waals surface area contributed by atoms with Gasteiger partial charge in [-0.05, 0) is 32.4 Å². The van der Waals surface area contributed by atoms with Gasteiger partial charge in [-0.3, -0.25) is 9.80 Å². The first-order valence-electron chi connectivity index (χ1n) is 8.17. The monoisotopic (exact) mass is 267 g/mol. The zero-order valence-corrected chi connectivity index (χ0v) is 12.3. The minimum absolute atomic E-state index is 0.595. The summed E-state index contributed by atoms with van der Waals surface area (Å²) < 4.78 is 5.75. The molecule has 3 saturated heterocycles. The van der Waals surface area contributed by atoms with Gasteiger partial charge < -0.3 is 10.1 Å². The van der Waals surface area contributed by atoms with E-state index in [0.29, 0.717) is 12.1 Å². The van der Waals surface area contributed by atoms with Crippen LogP contribution in [0.1, 0.15) is 32.6 Å². The van der Waals surface area contributed by atoms with E-state index >= 15 is 0 Å². The van der Waals surface area contributed by atoms with E-state index in [2.05, 4.69) is 22.0 Å². The van der Waals surface area contributed by atoms with Crippen molar-refractivity contribution in [2.24, 2.45) is 0 Å². The van der Waals surface area contributed by atoms with Crippen LogP contribution in [0.4, 0.5) is 0 Å². The third-order valence-electron chi connectivity index (χ3n) is 5.13. The SMILES string of the molecule is CCNC1CCOCC1N1CCN2CCCCC2C1. The lowest BCUT2D eigenvalue weighted by Crippen LogP contribution is -2.63. The summed E-state index contributed by atoms with van der Waals surface area (Å²) in [6.45, 7) is 10.2. The summed E-state index contributed by atoms with van der Waals surface area (Å²) in [7, 11) is 0. The predicted molar refractivity (Wildman–Crippen MR) is 77.5 cm³/mol. The van der Waals surface area contributed by atoms with E-state index in [-0.39, 0.29) is 0 Å². The molecule has 1 N–H and O–H groups in total. The summed E-state index contributed by atoms with van der Waals surface area (Å²) >= 11 is 0. The van der Waals surface area contributed by atoms with Gasteiger partial charge in [0.2, 0.25) is 0 Å². The van der Waals surface area contributed by atoms with Crippen LogP contribution in [0.3, 0.4) is 0 Å². The number of hydrogen-bond acceptors (Lipinski definition) is 4. The van der Waals surface area contributed by atoms with E-state index in [0.717, 1.165) is 25.8 Å². The second-order valence-electron chi connectivity index (χ2n) is 6.28. The van der Waals surface area contributed by atoms with Gasteiger partial charge in [-0.2, -0.15) is 0 Å². The van der Waals surface area contributed by atoms with E-state index in [1.807, 2.05) is 0 Å². The molecule has 3 aliphatic rings. The molecule has 19 heavy (non-hydrogen) atoms. The van der Waals surface area contributed by atoms with Gasteiger partial charge in [0.1, 0.15) is 0 Å². The first kappa shape index (κ1) is 13.8. The first-order valence-corrected chi connectivity index (χ1v) is 8.17. The molecule has 0 amide bonds. The van der Waals surface area contributed by atoms with Crippen LogP contribution in [0, 0.1) is 0 Å². The number of ether oxygens (including phenoxy) is 1. The van der Waals surface area contributed by atoms with Crippen molar-refractivity contribution in [1.29, 1.82) is 0 Å². The van der Waals surface area contributed by atoms with Gasteiger partial charge in [0.25, 0.3) is 0 Å². The lowest BCUT2D eigenvalue weighted by Gasteiger charge is -2.49. The average molecular weight is 267 g/mol. The molecule has 0 aliphatic carbocycles. The van der Waals surface area contributed by atoms with Gasteiger partial charge >= 0.3 is 0 Å². The van der Waals surface area contributed by atoms with Crippen LogP contribution in [-0.2, 0) is 4.74 Å². The van der Waals surface area contributed by atoms with E-state index in [9.17, 15) is 0 Å². The number of fused-ring (bicyclic) bond motifs is 1. The molecular formula is C15H29N3O. The van der Waals surface area contributed by atoms with Crippen molar-refractivity contribution in [2.45, 2.75) is 50.7 Å². The third-order valence-corrected chi connectivity index (χ3v) is 5.13. The molecule has 0 aromatic carbocycles. The minimum atomic E-state index is 0.595. The highest BCUT2D eigenvalue weighted by Crippen LogP contribution is 2.24. The van der Waals surface area contributed by atoms with Gasteiger partial charge in [-0.25, -0.2) is 0 Å². The van der Waals surface area contributed by atoms with E-state index in [4.69, 9.17) is 4.74 Å². The number of hydrogen-bond donors (Lipinski definition) is 1. The van der Waals surface area contributed by atoms with E-state index in [1.165, 1.54) is 51.9 Å². The Bertz CT molecular complexity index is 285. The Balaban J connectivity index is 1.60. The minimum Gasteiger partial charge on any atom is -0.380 e. The quantitative estimate of drug-likeness (QED) is 0.823. The van der Waals surface area contributed by atoms with Crippen molar-refractivity contribution in [3.05, 3.63) is 0 Å². The molecule has 0 spiro atoms. The largest absolute Gasteiger partial charge is 0.380 e. The molecule has 3 fully saturated rings. The molecule has 0 aromatic heterocycles. The average Bonchev–Trinajstić information content (AvgIpc) is 2.48. The third kappa shape index (κ3) is 3.13. The Hall–Kier alpha value is -0.160. The topological polar surface area (TPSA) is 27.7 Å². The highest BCUT2D eigenvalue weighted by atomic mass is 16.5. The van der Waals surface area contributed by atoms with Crippen LogP contribution in [0.15, 0.2) is 0 Å². The van der Waals surface area contributed by atoms with E-state index in [1.54, 1.807) is 0 Å². The van der Waals surface area contributed by atoms with Gasteiger partial charge in [0, 0.05) is 44.4 Å². The molecular weight excluding hydrogens is 238 g/mol. The zero-order chi connectivity index (χ0) is 13.1. The predicted octanol–water partition coefficient (Wildman–Crippen LogP) is 0.924. The molecule has 3 rings (SSSR count). The standard InChI is InChI=1S/C15H29N3O/c1-2-16-14-6-10-19-12-15(14)18-9-8-17-7-4-3-5-13(17)11-18/h13-16H,2-12H2,1H3. The maximum atomic E-state index is 5.75. The lowest BCUT2D eigenvalue weighted by atomic mass is 9.95. The van der Waals surface area contributed by atoms with Crippen molar-refractivity contribution in [3.8, 4) is 0 Å². The highest BCUT2D eigenvalue weighted by molar-refractivity contribution is 4.93. The Morgan fingerprint density at radius 3 is 2.89 bits per heavy atom. The van der Waals surface area contributed by atoms with Crippen molar-refractivity contribution < 1.29 is 4.74 Å². The number of piperidine rings is 1. The normalized spacial score (nSPS) is 38.1. The number of rotatable bonds is 3. The van der Waals surface area contributed by atoms with Crippen molar-refractivity contribution >= 4 is 0 Å². The number of nitrogens with one attached hydrogen (secondary N) is 1. The van der Waals surface area contributed by atoms with Gasteiger partial charge in [0.15, 0.2) is 0 Å². The smallest absolute Gasteiger partial charge is 0.0637 e. The Morgan fingerprint density at radius 2 is 2.00 bits per heavy atom. The van der Waals surface area contributed by atoms with Crippen LogP contribution < -0.4 is 5.32 Å². The lowest BCUT2D eigenvalue weighted by molar-refractivity contribution is -0.0400. The van der Waals surface area contributed by atoms with Crippen molar-refractivity contribution in [2.75, 3.05) is 45.9 Å². The second kappa shape index (κ2) is 6.53. The number of piperazine rings is 1. The molecule has 0 radical (unpaired) electrons. The fourth-order valence-electron chi connectivity index (χ4n) is 4.06. The Labute approximate surface area is 117 Å². The van der Waals surface area contributed by atoms with Crippen LogP contribution in [0.25, 0.3) is 0 Å². The van der Waals surface area contributed by atoms with Crippen LogP contribution in [0.2, 0.25) is 0 Å². The number of nitrogens with zero attached hydrogens (tertiary/aromatic N) is 2. The van der Waals surface area contributed by atoms with Crippen molar-refractivity contribution in [3.63, 3.8) is 0 Å². The summed E-state index contributed by atoms with van der Waals surface area (Å²) in [6, 6.07) is 2.04. The maximum Gasteiger partial charge on any atom is 0.0637 e. The molecule has 3 unspecified atom stereocenters. The van der Waals surface area contributed by atoms with Crippen LogP contribution in [-0.4, -0.2) is 73.9 Å². The summed E-state index contributed by atoms with van der Waals surface area (Å²) in [5.74, 6) is 0. The Kier molecular flexibility index (Phi) is 4.74. The fourth-order valence-corrected chi connectivity index (χ4v) is 4.06. The number of likely N-dealkylation sites (N-methyl/N-ethyl adjacent to an activating group) is 1. The highest BCUT2D eigenvalue weighted by Gasteiger charge is 2.36. The summed E-state index contributed by atoms with van der Waals surface area (Å²) in [5, 5.41) is 3.67. The molecule has 4 nitrogen and oxygen atoms in total. The fraction of sp³-hybridized carbons (Fsp3) is 1.00. The molecule has 3 aliphatic heterocycles. The molecule has 3 atom stereocenters. The molecule has 110 valence electrons. The van der Waals surface area contributed by atoms with Crippen LogP contribution in [0.5, 0.6) is 0 Å². The second-order valence-corrected chi connectivity index (χ2v) is 6.28.